The normalized spacial score (nSPS) is 20.5. The molecule has 0 aliphatic carbocycles. The van der Waals surface area contributed by atoms with Gasteiger partial charge in [-0.05, 0) is 28.9 Å². The summed E-state index contributed by atoms with van der Waals surface area (Å²) < 4.78 is 5.35. The molecule has 2 fully saturated rings. The third kappa shape index (κ3) is 6.57. The van der Waals surface area contributed by atoms with Gasteiger partial charge in [-0.3, -0.25) is 19.2 Å². The zero-order valence-electron chi connectivity index (χ0n) is 25.0. The number of carbonyl (C=O) groups excluding carboxylic acids is 4. The maximum absolute atomic E-state index is 13.9. The smallest absolute Gasteiger partial charge is 0.306 e. The van der Waals surface area contributed by atoms with E-state index < -0.39 is 29.4 Å². The number of carbonyl (C=O) groups is 4. The van der Waals surface area contributed by atoms with Gasteiger partial charge in [0.05, 0.1) is 30.5 Å². The number of nitrogens with two attached hydrogens (primary N) is 1. The molecule has 3 aromatic carbocycles. The summed E-state index contributed by atoms with van der Waals surface area (Å²) in [6.45, 7) is 6.43. The molecular weight excluding hydrogens is 544 g/mol. The van der Waals surface area contributed by atoms with E-state index in [0.717, 1.165) is 16.3 Å². The van der Waals surface area contributed by atoms with E-state index in [1.807, 2.05) is 93.6 Å². The van der Waals surface area contributed by atoms with Crippen LogP contribution in [0.3, 0.4) is 0 Å². The Morgan fingerprint density at radius 3 is 2.37 bits per heavy atom. The topological polar surface area (TPSA) is 122 Å². The highest BCUT2D eigenvalue weighted by molar-refractivity contribution is 6.03. The first-order valence-corrected chi connectivity index (χ1v) is 14.9. The minimum absolute atomic E-state index is 0.0377. The van der Waals surface area contributed by atoms with Crippen molar-refractivity contribution in [1.29, 1.82) is 0 Å². The van der Waals surface area contributed by atoms with Crippen LogP contribution < -0.4 is 11.1 Å². The molecule has 0 aromatic heterocycles. The van der Waals surface area contributed by atoms with Gasteiger partial charge in [-0.25, -0.2) is 0 Å². The molecule has 0 unspecified atom stereocenters. The predicted molar refractivity (Wildman–Crippen MR) is 165 cm³/mol. The molecule has 3 aromatic rings. The fraction of sp³-hybridized carbons (Fsp3) is 0.412. The highest BCUT2D eigenvalue weighted by atomic mass is 16.5. The Balaban J connectivity index is 1.32. The van der Waals surface area contributed by atoms with Crippen molar-refractivity contribution in [3.63, 3.8) is 0 Å². The van der Waals surface area contributed by atoms with Crippen molar-refractivity contribution in [2.75, 3.05) is 18.4 Å². The van der Waals surface area contributed by atoms with E-state index in [1.54, 1.807) is 9.80 Å². The summed E-state index contributed by atoms with van der Waals surface area (Å²) in [5.41, 5.74) is 7.46. The maximum Gasteiger partial charge on any atom is 0.306 e. The lowest BCUT2D eigenvalue weighted by Gasteiger charge is -2.34. The van der Waals surface area contributed by atoms with Gasteiger partial charge < -0.3 is 25.6 Å². The number of nitrogens with one attached hydrogen (secondary N) is 1. The van der Waals surface area contributed by atoms with Crippen LogP contribution in [0.25, 0.3) is 10.8 Å². The Labute approximate surface area is 252 Å². The molecular formula is C34H40N4O5. The van der Waals surface area contributed by atoms with Crippen molar-refractivity contribution >= 4 is 40.2 Å². The Hall–Kier alpha value is -4.24. The fourth-order valence-electron chi connectivity index (χ4n) is 6.13. The van der Waals surface area contributed by atoms with E-state index in [2.05, 4.69) is 5.32 Å². The van der Waals surface area contributed by atoms with Gasteiger partial charge in [0.15, 0.2) is 0 Å². The summed E-state index contributed by atoms with van der Waals surface area (Å²) in [6, 6.07) is 21.3. The summed E-state index contributed by atoms with van der Waals surface area (Å²) in [5, 5.41) is 4.98. The van der Waals surface area contributed by atoms with Crippen molar-refractivity contribution in [3.8, 4) is 0 Å². The van der Waals surface area contributed by atoms with Gasteiger partial charge in [0.2, 0.25) is 17.7 Å². The van der Waals surface area contributed by atoms with Crippen LogP contribution in [0, 0.1) is 11.3 Å². The molecule has 3 N–H and O–H groups in total. The highest BCUT2D eigenvalue weighted by Gasteiger charge is 2.55. The van der Waals surface area contributed by atoms with Crippen LogP contribution >= 0.6 is 0 Å². The van der Waals surface area contributed by atoms with Crippen molar-refractivity contribution in [2.45, 2.75) is 64.8 Å². The third-order valence-electron chi connectivity index (χ3n) is 8.60. The van der Waals surface area contributed by atoms with E-state index in [-0.39, 0.29) is 49.8 Å². The van der Waals surface area contributed by atoms with Crippen LogP contribution in [-0.2, 0) is 30.5 Å². The van der Waals surface area contributed by atoms with Gasteiger partial charge in [-0.15, -0.1) is 0 Å². The third-order valence-corrected chi connectivity index (χ3v) is 8.60. The Bertz CT molecular complexity index is 1500. The van der Waals surface area contributed by atoms with E-state index >= 15 is 0 Å². The van der Waals surface area contributed by atoms with Crippen LogP contribution in [-0.4, -0.2) is 64.7 Å². The number of rotatable bonds is 8. The first kappa shape index (κ1) is 30.2. The number of ether oxygens (including phenoxy) is 1. The minimum Gasteiger partial charge on any atom is -0.461 e. The predicted octanol–water partition coefficient (Wildman–Crippen LogP) is 4.10. The number of fused-ring (bicyclic) bond motifs is 2. The highest BCUT2D eigenvalue weighted by Crippen LogP contribution is 2.38. The van der Waals surface area contributed by atoms with Crippen molar-refractivity contribution in [2.24, 2.45) is 17.1 Å². The van der Waals surface area contributed by atoms with Crippen molar-refractivity contribution in [1.82, 2.24) is 9.80 Å². The molecule has 0 bridgehead atoms. The number of likely N-dealkylation sites (tertiary alicyclic amines) is 2. The van der Waals surface area contributed by atoms with Crippen molar-refractivity contribution < 1.29 is 23.9 Å². The van der Waals surface area contributed by atoms with Crippen LogP contribution in [0.1, 0.15) is 45.6 Å². The molecule has 0 spiro atoms. The lowest BCUT2D eigenvalue weighted by atomic mass is 9.86. The zero-order chi connectivity index (χ0) is 30.7. The quantitative estimate of drug-likeness (QED) is 0.385. The monoisotopic (exact) mass is 584 g/mol. The molecule has 2 saturated heterocycles. The summed E-state index contributed by atoms with van der Waals surface area (Å²) in [6.07, 6.45) is 0.434. The van der Waals surface area contributed by atoms with Crippen LogP contribution in [0.2, 0.25) is 0 Å². The average Bonchev–Trinajstić information content (AvgIpc) is 3.59. The number of anilines is 1. The van der Waals surface area contributed by atoms with E-state index in [0.29, 0.717) is 18.7 Å². The molecule has 226 valence electrons. The van der Waals surface area contributed by atoms with Gasteiger partial charge in [0, 0.05) is 30.6 Å². The Morgan fingerprint density at radius 2 is 1.63 bits per heavy atom. The molecule has 4 atom stereocenters. The molecule has 9 nitrogen and oxygen atoms in total. The molecule has 5 rings (SSSR count). The molecule has 9 heteroatoms. The maximum atomic E-state index is 13.9. The number of amides is 3. The molecule has 3 amide bonds. The van der Waals surface area contributed by atoms with Gasteiger partial charge >= 0.3 is 5.97 Å². The van der Waals surface area contributed by atoms with E-state index in [4.69, 9.17) is 10.5 Å². The fourth-order valence-corrected chi connectivity index (χ4v) is 6.13. The number of esters is 1. The molecule has 2 heterocycles. The minimum atomic E-state index is -0.753. The van der Waals surface area contributed by atoms with E-state index in [9.17, 15) is 19.2 Å². The summed E-state index contributed by atoms with van der Waals surface area (Å²) in [7, 11) is 0. The Kier molecular flexibility index (Phi) is 8.82. The molecule has 0 radical (unpaired) electrons. The number of benzene rings is 3. The van der Waals surface area contributed by atoms with Gasteiger partial charge in [0.25, 0.3) is 0 Å². The number of hydrogen-bond acceptors (Lipinski definition) is 6. The second-order valence-electron chi connectivity index (χ2n) is 12.5. The SMILES string of the molecule is CC(C)(C)[C@H](N)C(=O)N1CC[C@@H]2[C@H]1[C@@H](C(=O)Nc1cccc3ccccc13)CN2C(=O)CCC(=O)OCc1ccccc1. The van der Waals surface area contributed by atoms with Gasteiger partial charge in [0.1, 0.15) is 6.61 Å². The largest absolute Gasteiger partial charge is 0.461 e. The summed E-state index contributed by atoms with van der Waals surface area (Å²) in [5.74, 6) is -1.83. The standard InChI is InChI=1S/C34H40N4O5/c1-34(2,3)31(35)33(42)37-19-18-27-30(37)25(32(41)36-26-15-9-13-23-12-7-8-14-24(23)26)20-38(27)28(39)16-17-29(40)43-21-22-10-5-4-6-11-22/h4-15,25,27,30-31H,16-21,35H2,1-3H3,(H,36,41)/t25-,27+,30+,31+/m0/s1. The van der Waals surface area contributed by atoms with Gasteiger partial charge in [-0.2, -0.15) is 0 Å². The lowest BCUT2D eigenvalue weighted by Crippen LogP contribution is -2.54. The summed E-state index contributed by atoms with van der Waals surface area (Å²) in [4.78, 5) is 56.8. The molecule has 0 saturated carbocycles. The lowest BCUT2D eigenvalue weighted by molar-refractivity contribution is -0.147. The Morgan fingerprint density at radius 1 is 0.930 bits per heavy atom. The second-order valence-corrected chi connectivity index (χ2v) is 12.5. The van der Waals surface area contributed by atoms with Crippen LogP contribution in [0.4, 0.5) is 5.69 Å². The van der Waals surface area contributed by atoms with Crippen LogP contribution in [0.15, 0.2) is 72.8 Å². The first-order chi connectivity index (χ1) is 20.5. The van der Waals surface area contributed by atoms with E-state index in [1.165, 1.54) is 0 Å². The molecule has 2 aliphatic heterocycles. The van der Waals surface area contributed by atoms with Crippen LogP contribution in [0.5, 0.6) is 0 Å². The first-order valence-electron chi connectivity index (χ1n) is 14.9. The van der Waals surface area contributed by atoms with Crippen molar-refractivity contribution in [3.05, 3.63) is 78.4 Å². The number of nitrogens with zero attached hydrogens (tertiary/aromatic N) is 2. The molecule has 43 heavy (non-hydrogen) atoms. The second kappa shape index (κ2) is 12.6. The summed E-state index contributed by atoms with van der Waals surface area (Å²) >= 11 is 0. The average molecular weight is 585 g/mol. The molecule has 2 aliphatic rings. The number of hydrogen-bond donors (Lipinski definition) is 2. The zero-order valence-corrected chi connectivity index (χ0v) is 25.0. The van der Waals surface area contributed by atoms with Gasteiger partial charge in [-0.1, -0.05) is 87.5 Å².